The molecule has 0 aromatic heterocycles. The van der Waals surface area contributed by atoms with E-state index in [9.17, 15) is 4.79 Å². The number of hydrogen-bond donors (Lipinski definition) is 2. The van der Waals surface area contributed by atoms with Crippen LogP contribution in [0, 0.1) is 0 Å². The Balaban J connectivity index is 0.00000220. The van der Waals surface area contributed by atoms with Gasteiger partial charge >= 0.3 is 0 Å². The smallest absolute Gasteiger partial charge is 0.253 e. The highest BCUT2D eigenvalue weighted by molar-refractivity contribution is 6.32. The largest absolute Gasteiger partial charge is 0.492 e. The number of nitrogens with one attached hydrogen (secondary N) is 1. The van der Waals surface area contributed by atoms with Crippen molar-refractivity contribution in [3.05, 3.63) is 23.2 Å². The highest BCUT2D eigenvalue weighted by Crippen LogP contribution is 2.28. The van der Waals surface area contributed by atoms with E-state index in [1.165, 1.54) is 0 Å². The molecule has 1 aromatic rings. The van der Waals surface area contributed by atoms with E-state index < -0.39 is 6.10 Å². The summed E-state index contributed by atoms with van der Waals surface area (Å²) in [4.78, 5) is 12.0. The van der Waals surface area contributed by atoms with Gasteiger partial charge in [-0.2, -0.15) is 0 Å². The van der Waals surface area contributed by atoms with E-state index >= 15 is 0 Å². The number of carbonyl (C=O) groups excluding carboxylic acids is 1. The molecule has 1 aromatic carbocycles. The number of halogens is 2. The minimum atomic E-state index is -0.436. The van der Waals surface area contributed by atoms with Crippen LogP contribution < -0.4 is 15.8 Å². The number of carbonyl (C=O) groups is 1. The summed E-state index contributed by atoms with van der Waals surface area (Å²) in [7, 11) is 0. The maximum Gasteiger partial charge on any atom is 0.253 e. The molecule has 3 N–H and O–H groups in total. The number of anilines is 1. The predicted octanol–water partition coefficient (Wildman–Crippen LogP) is 2.61. The zero-order valence-corrected chi connectivity index (χ0v) is 13.4. The van der Waals surface area contributed by atoms with Gasteiger partial charge in [0.05, 0.1) is 17.7 Å². The summed E-state index contributed by atoms with van der Waals surface area (Å²) >= 11 is 6.07. The summed E-state index contributed by atoms with van der Waals surface area (Å²) in [5.74, 6) is 0.439. The first kappa shape index (κ1) is 18.0. The van der Waals surface area contributed by atoms with Crippen LogP contribution in [0.25, 0.3) is 0 Å². The molecule has 1 saturated heterocycles. The molecule has 1 fully saturated rings. The van der Waals surface area contributed by atoms with Gasteiger partial charge in [-0.05, 0) is 38.0 Å². The topological polar surface area (TPSA) is 73.6 Å². The van der Waals surface area contributed by atoms with Gasteiger partial charge < -0.3 is 20.5 Å². The molecule has 1 heterocycles. The molecule has 2 rings (SSSR count). The third-order valence-electron chi connectivity index (χ3n) is 3.16. The van der Waals surface area contributed by atoms with Gasteiger partial charge in [0.1, 0.15) is 11.9 Å². The second-order valence-electron chi connectivity index (χ2n) is 4.63. The lowest BCUT2D eigenvalue weighted by molar-refractivity contribution is -0.126. The van der Waals surface area contributed by atoms with Crippen LogP contribution in [0.5, 0.6) is 5.75 Å². The van der Waals surface area contributed by atoms with Crippen LogP contribution in [0.3, 0.4) is 0 Å². The number of amides is 1. The average Bonchev–Trinajstić information content (AvgIpc) is 2.91. The van der Waals surface area contributed by atoms with E-state index in [-0.39, 0.29) is 24.4 Å². The zero-order valence-electron chi connectivity index (χ0n) is 11.8. The van der Waals surface area contributed by atoms with Crippen LogP contribution in [0.1, 0.15) is 19.8 Å². The van der Waals surface area contributed by atoms with E-state index in [1.54, 1.807) is 18.2 Å². The predicted molar refractivity (Wildman–Crippen MR) is 85.4 cm³/mol. The van der Waals surface area contributed by atoms with Crippen LogP contribution >= 0.6 is 24.0 Å². The number of rotatable bonds is 5. The third kappa shape index (κ3) is 4.74. The van der Waals surface area contributed by atoms with E-state index in [0.717, 1.165) is 6.42 Å². The first-order valence-corrected chi connectivity index (χ1v) is 7.10. The lowest BCUT2D eigenvalue weighted by Crippen LogP contribution is -2.29. The SMILES string of the molecule is CCOc1ccc(NC(=O)[C@@H]2CC[C@H](CN)O2)cc1Cl.Cl. The first-order valence-electron chi connectivity index (χ1n) is 6.72. The van der Waals surface area contributed by atoms with Gasteiger partial charge in [-0.1, -0.05) is 11.6 Å². The zero-order chi connectivity index (χ0) is 14.5. The Morgan fingerprint density at radius 1 is 1.52 bits per heavy atom. The Labute approximate surface area is 135 Å². The second-order valence-corrected chi connectivity index (χ2v) is 5.03. The van der Waals surface area contributed by atoms with Gasteiger partial charge in [-0.25, -0.2) is 0 Å². The summed E-state index contributed by atoms with van der Waals surface area (Å²) in [5, 5.41) is 3.26. The molecule has 0 unspecified atom stereocenters. The number of hydrogen-bond acceptors (Lipinski definition) is 4. The molecule has 0 bridgehead atoms. The maximum absolute atomic E-state index is 12.0. The van der Waals surface area contributed by atoms with Gasteiger partial charge in [0.25, 0.3) is 5.91 Å². The summed E-state index contributed by atoms with van der Waals surface area (Å²) in [6.07, 6.45) is 1.06. The molecule has 1 amide bonds. The molecule has 0 aliphatic carbocycles. The van der Waals surface area contributed by atoms with Gasteiger partial charge in [-0.15, -0.1) is 12.4 Å². The van der Waals surface area contributed by atoms with Crippen molar-refractivity contribution in [2.45, 2.75) is 32.0 Å². The van der Waals surface area contributed by atoms with Crippen molar-refractivity contribution in [3.63, 3.8) is 0 Å². The molecule has 0 spiro atoms. The lowest BCUT2D eigenvalue weighted by Gasteiger charge is -2.13. The summed E-state index contributed by atoms with van der Waals surface area (Å²) in [6.45, 7) is 2.87. The van der Waals surface area contributed by atoms with Crippen LogP contribution in [0.2, 0.25) is 5.02 Å². The van der Waals surface area contributed by atoms with Gasteiger partial charge in [0.2, 0.25) is 0 Å². The first-order chi connectivity index (χ1) is 9.63. The van der Waals surface area contributed by atoms with Crippen LogP contribution in [-0.4, -0.2) is 31.3 Å². The third-order valence-corrected chi connectivity index (χ3v) is 3.46. The summed E-state index contributed by atoms with van der Waals surface area (Å²) < 4.78 is 10.9. The number of ether oxygens (including phenoxy) is 2. The fourth-order valence-corrected chi connectivity index (χ4v) is 2.38. The highest BCUT2D eigenvalue weighted by atomic mass is 35.5. The fourth-order valence-electron chi connectivity index (χ4n) is 2.15. The maximum atomic E-state index is 12.0. The fraction of sp³-hybridized carbons (Fsp3) is 0.500. The Morgan fingerprint density at radius 2 is 2.29 bits per heavy atom. The van der Waals surface area contributed by atoms with Crippen LogP contribution in [0.15, 0.2) is 18.2 Å². The summed E-state index contributed by atoms with van der Waals surface area (Å²) in [6, 6.07) is 5.16. The molecule has 7 heteroatoms. The molecule has 118 valence electrons. The van der Waals surface area contributed by atoms with Crippen molar-refractivity contribution >= 4 is 35.6 Å². The standard InChI is InChI=1S/C14H19ClN2O3.ClH/c1-2-19-12-5-3-9(7-11(12)15)17-14(18)13-6-4-10(8-16)20-13;/h3,5,7,10,13H,2,4,6,8,16H2,1H3,(H,17,18);1H/t10-,13+;/m1./s1. The number of benzene rings is 1. The molecule has 21 heavy (non-hydrogen) atoms. The average molecular weight is 335 g/mol. The minimum Gasteiger partial charge on any atom is -0.492 e. The molecule has 1 aliphatic rings. The monoisotopic (exact) mass is 334 g/mol. The molecule has 5 nitrogen and oxygen atoms in total. The van der Waals surface area contributed by atoms with Crippen molar-refractivity contribution in [3.8, 4) is 5.75 Å². The van der Waals surface area contributed by atoms with E-state index in [1.807, 2.05) is 6.92 Å². The molecular weight excluding hydrogens is 315 g/mol. The van der Waals surface area contributed by atoms with E-state index in [4.69, 9.17) is 26.8 Å². The van der Waals surface area contributed by atoms with Crippen molar-refractivity contribution in [1.82, 2.24) is 0 Å². The molecule has 1 aliphatic heterocycles. The highest BCUT2D eigenvalue weighted by Gasteiger charge is 2.29. The van der Waals surface area contributed by atoms with E-state index in [2.05, 4.69) is 5.32 Å². The molecule has 2 atom stereocenters. The van der Waals surface area contributed by atoms with Crippen molar-refractivity contribution in [2.75, 3.05) is 18.5 Å². The number of nitrogens with two attached hydrogens (primary N) is 1. The van der Waals surface area contributed by atoms with Crippen LogP contribution in [-0.2, 0) is 9.53 Å². The Kier molecular flexibility index (Phi) is 7.25. The van der Waals surface area contributed by atoms with Gasteiger partial charge in [0.15, 0.2) is 0 Å². The second kappa shape index (κ2) is 8.44. The quantitative estimate of drug-likeness (QED) is 0.867. The lowest BCUT2D eigenvalue weighted by atomic mass is 10.2. The Hall–Kier alpha value is -1.01. The normalized spacial score (nSPS) is 20.7. The van der Waals surface area contributed by atoms with Crippen molar-refractivity contribution in [2.24, 2.45) is 5.73 Å². The minimum absolute atomic E-state index is 0. The van der Waals surface area contributed by atoms with Gasteiger partial charge in [0, 0.05) is 12.2 Å². The molecular formula is C14H20Cl2N2O3. The van der Waals surface area contributed by atoms with Crippen LogP contribution in [0.4, 0.5) is 5.69 Å². The molecule has 0 radical (unpaired) electrons. The van der Waals surface area contributed by atoms with Crippen molar-refractivity contribution in [1.29, 1.82) is 0 Å². The summed E-state index contributed by atoms with van der Waals surface area (Å²) in [5.41, 5.74) is 6.15. The van der Waals surface area contributed by atoms with E-state index in [0.29, 0.717) is 36.0 Å². The van der Waals surface area contributed by atoms with Crippen molar-refractivity contribution < 1.29 is 14.3 Å². The molecule has 0 saturated carbocycles. The van der Waals surface area contributed by atoms with Gasteiger partial charge in [-0.3, -0.25) is 4.79 Å². The Morgan fingerprint density at radius 3 is 2.86 bits per heavy atom. The Bertz CT molecular complexity index is 485.